The summed E-state index contributed by atoms with van der Waals surface area (Å²) in [5.74, 6) is 0.107. The van der Waals surface area contributed by atoms with Crippen LogP contribution in [0.15, 0.2) is 0 Å². The molecule has 0 radical (unpaired) electrons. The number of hydrogen-bond acceptors (Lipinski definition) is 3. The lowest BCUT2D eigenvalue weighted by Crippen LogP contribution is -2.44. The maximum atomic E-state index is 11.8. The molecule has 1 aliphatic rings. The van der Waals surface area contributed by atoms with Gasteiger partial charge in [0.25, 0.3) is 0 Å². The van der Waals surface area contributed by atoms with Crippen molar-refractivity contribution in [2.75, 3.05) is 13.7 Å². The van der Waals surface area contributed by atoms with Gasteiger partial charge in [-0.1, -0.05) is 13.3 Å². The summed E-state index contributed by atoms with van der Waals surface area (Å²) in [6, 6.07) is 0.195. The molecular formula is C11H22N2O2. The van der Waals surface area contributed by atoms with Crippen LogP contribution >= 0.6 is 0 Å². The molecule has 0 aromatic rings. The molecule has 0 saturated carbocycles. The quantitative estimate of drug-likeness (QED) is 0.707. The highest BCUT2D eigenvalue weighted by Gasteiger charge is 2.29. The Morgan fingerprint density at radius 1 is 1.67 bits per heavy atom. The van der Waals surface area contributed by atoms with Gasteiger partial charge >= 0.3 is 0 Å². The molecule has 0 spiro atoms. The van der Waals surface area contributed by atoms with Crippen LogP contribution in [-0.4, -0.2) is 37.7 Å². The summed E-state index contributed by atoms with van der Waals surface area (Å²) < 4.78 is 5.20. The first-order chi connectivity index (χ1) is 7.17. The van der Waals surface area contributed by atoms with E-state index in [1.54, 1.807) is 7.11 Å². The van der Waals surface area contributed by atoms with E-state index in [9.17, 15) is 4.79 Å². The molecule has 3 atom stereocenters. The molecule has 1 saturated heterocycles. The summed E-state index contributed by atoms with van der Waals surface area (Å²) in [5, 5.41) is 6.18. The largest absolute Gasteiger partial charge is 0.380 e. The highest BCUT2D eigenvalue weighted by Crippen LogP contribution is 2.10. The minimum Gasteiger partial charge on any atom is -0.380 e. The lowest BCUT2D eigenvalue weighted by Gasteiger charge is -2.16. The number of amides is 1. The van der Waals surface area contributed by atoms with Gasteiger partial charge in [0, 0.05) is 19.7 Å². The molecule has 1 rings (SSSR count). The Balaban J connectivity index is 2.29. The zero-order chi connectivity index (χ0) is 11.3. The van der Waals surface area contributed by atoms with Crippen molar-refractivity contribution in [3.05, 3.63) is 0 Å². The van der Waals surface area contributed by atoms with Crippen LogP contribution in [0.4, 0.5) is 0 Å². The van der Waals surface area contributed by atoms with E-state index in [4.69, 9.17) is 4.74 Å². The molecule has 1 amide bonds. The summed E-state index contributed by atoms with van der Waals surface area (Å²) in [6.45, 7) is 4.94. The summed E-state index contributed by atoms with van der Waals surface area (Å²) >= 11 is 0. The van der Waals surface area contributed by atoms with Gasteiger partial charge in [0.05, 0.1) is 12.1 Å². The van der Waals surface area contributed by atoms with E-state index in [1.165, 1.54) is 0 Å². The molecule has 1 heterocycles. The predicted molar refractivity (Wildman–Crippen MR) is 59.7 cm³/mol. The van der Waals surface area contributed by atoms with Crippen molar-refractivity contribution in [3.8, 4) is 0 Å². The third-order valence-electron chi connectivity index (χ3n) is 2.85. The van der Waals surface area contributed by atoms with E-state index < -0.39 is 0 Å². The molecule has 0 aromatic heterocycles. The fourth-order valence-corrected chi connectivity index (χ4v) is 1.93. The molecule has 0 aromatic carbocycles. The minimum atomic E-state index is -0.0748. The van der Waals surface area contributed by atoms with Gasteiger partial charge in [0.2, 0.25) is 5.91 Å². The van der Waals surface area contributed by atoms with Crippen molar-refractivity contribution in [1.29, 1.82) is 0 Å². The van der Waals surface area contributed by atoms with Gasteiger partial charge in [-0.3, -0.25) is 4.79 Å². The first-order valence-electron chi connectivity index (χ1n) is 5.74. The number of carbonyl (C=O) groups excluding carboxylic acids is 1. The highest BCUT2D eigenvalue weighted by molar-refractivity contribution is 5.82. The van der Waals surface area contributed by atoms with Crippen LogP contribution in [0.2, 0.25) is 0 Å². The van der Waals surface area contributed by atoms with Gasteiger partial charge in [-0.05, 0) is 19.8 Å². The Kier molecular flexibility index (Phi) is 5.05. The zero-order valence-electron chi connectivity index (χ0n) is 9.88. The van der Waals surface area contributed by atoms with Gasteiger partial charge in [0.15, 0.2) is 0 Å². The summed E-state index contributed by atoms with van der Waals surface area (Å²) in [5.41, 5.74) is 0. The van der Waals surface area contributed by atoms with Crippen LogP contribution in [0.25, 0.3) is 0 Å². The van der Waals surface area contributed by atoms with Crippen molar-refractivity contribution in [3.63, 3.8) is 0 Å². The van der Waals surface area contributed by atoms with Gasteiger partial charge in [-0.15, -0.1) is 0 Å². The Bertz CT molecular complexity index is 209. The van der Waals surface area contributed by atoms with Gasteiger partial charge < -0.3 is 15.4 Å². The zero-order valence-corrected chi connectivity index (χ0v) is 9.88. The molecule has 88 valence electrons. The number of methoxy groups -OCH3 is 1. The van der Waals surface area contributed by atoms with Gasteiger partial charge in [-0.2, -0.15) is 0 Å². The maximum absolute atomic E-state index is 11.8. The first kappa shape index (κ1) is 12.5. The molecule has 2 N–H and O–H groups in total. The van der Waals surface area contributed by atoms with E-state index >= 15 is 0 Å². The number of rotatable bonds is 5. The summed E-state index contributed by atoms with van der Waals surface area (Å²) in [4.78, 5) is 11.8. The molecule has 1 fully saturated rings. The Labute approximate surface area is 91.8 Å². The second-order valence-electron chi connectivity index (χ2n) is 4.25. The van der Waals surface area contributed by atoms with E-state index in [0.717, 1.165) is 25.8 Å². The Morgan fingerprint density at radius 3 is 2.93 bits per heavy atom. The summed E-state index contributed by atoms with van der Waals surface area (Å²) in [6.07, 6.45) is 3.09. The molecule has 3 unspecified atom stereocenters. The molecule has 1 aliphatic heterocycles. The number of ether oxygens (including phenoxy) is 1. The van der Waals surface area contributed by atoms with Crippen LogP contribution in [0.1, 0.15) is 33.1 Å². The molecule has 0 bridgehead atoms. The minimum absolute atomic E-state index is 0.0748. The Morgan fingerprint density at radius 2 is 2.40 bits per heavy atom. The van der Waals surface area contributed by atoms with Crippen molar-refractivity contribution < 1.29 is 9.53 Å². The van der Waals surface area contributed by atoms with Crippen LogP contribution < -0.4 is 10.6 Å². The lowest BCUT2D eigenvalue weighted by molar-refractivity contribution is -0.123. The number of hydrogen-bond donors (Lipinski definition) is 2. The lowest BCUT2D eigenvalue weighted by atomic mass is 10.1. The van der Waals surface area contributed by atoms with Gasteiger partial charge in [0.1, 0.15) is 0 Å². The average molecular weight is 214 g/mol. The second kappa shape index (κ2) is 6.08. The van der Waals surface area contributed by atoms with Crippen LogP contribution in [-0.2, 0) is 9.53 Å². The van der Waals surface area contributed by atoms with E-state index in [0.29, 0.717) is 0 Å². The maximum Gasteiger partial charge on any atom is 0.237 e. The fourth-order valence-electron chi connectivity index (χ4n) is 1.93. The third-order valence-corrected chi connectivity index (χ3v) is 2.85. The number of carbonyl (C=O) groups is 1. The smallest absolute Gasteiger partial charge is 0.237 e. The van der Waals surface area contributed by atoms with Crippen molar-refractivity contribution >= 4 is 5.91 Å². The number of nitrogens with one attached hydrogen (secondary N) is 2. The van der Waals surface area contributed by atoms with Gasteiger partial charge in [-0.25, -0.2) is 0 Å². The van der Waals surface area contributed by atoms with Crippen molar-refractivity contribution in [1.82, 2.24) is 10.6 Å². The third kappa shape index (κ3) is 3.80. The topological polar surface area (TPSA) is 50.4 Å². The molecule has 0 aliphatic carbocycles. The molecule has 15 heavy (non-hydrogen) atoms. The summed E-state index contributed by atoms with van der Waals surface area (Å²) in [7, 11) is 1.69. The Hall–Kier alpha value is -0.610. The van der Waals surface area contributed by atoms with E-state index in [-0.39, 0.29) is 24.1 Å². The van der Waals surface area contributed by atoms with Crippen LogP contribution in [0.5, 0.6) is 0 Å². The SMILES string of the molecule is CCCC(C)NC(=O)C1CC(OC)CN1. The van der Waals surface area contributed by atoms with Crippen molar-refractivity contribution in [2.24, 2.45) is 0 Å². The fraction of sp³-hybridized carbons (Fsp3) is 0.909. The molecule has 4 nitrogen and oxygen atoms in total. The van der Waals surface area contributed by atoms with Crippen molar-refractivity contribution in [2.45, 2.75) is 51.3 Å². The monoisotopic (exact) mass is 214 g/mol. The first-order valence-corrected chi connectivity index (χ1v) is 5.74. The second-order valence-corrected chi connectivity index (χ2v) is 4.25. The van der Waals surface area contributed by atoms with Crippen LogP contribution in [0, 0.1) is 0 Å². The standard InChI is InChI=1S/C11H22N2O2/c1-4-5-8(2)13-11(14)10-6-9(15-3)7-12-10/h8-10,12H,4-7H2,1-3H3,(H,13,14). The molecular weight excluding hydrogens is 192 g/mol. The molecule has 4 heteroatoms. The van der Waals surface area contributed by atoms with E-state index in [1.807, 2.05) is 6.92 Å². The van der Waals surface area contributed by atoms with Crippen LogP contribution in [0.3, 0.4) is 0 Å². The highest BCUT2D eigenvalue weighted by atomic mass is 16.5. The predicted octanol–water partition coefficient (Wildman–Crippen LogP) is 0.668. The van der Waals surface area contributed by atoms with E-state index in [2.05, 4.69) is 17.6 Å². The average Bonchev–Trinajstić information content (AvgIpc) is 2.66. The normalized spacial score (nSPS) is 27.7.